The summed E-state index contributed by atoms with van der Waals surface area (Å²) in [4.78, 5) is 0. The van der Waals surface area contributed by atoms with Gasteiger partial charge < -0.3 is 10.4 Å². The van der Waals surface area contributed by atoms with Crippen LogP contribution in [0.4, 0.5) is 0 Å². The first-order chi connectivity index (χ1) is 9.49. The molecule has 0 spiro atoms. The molecule has 3 unspecified atom stereocenters. The molecule has 1 fully saturated rings. The Kier molecular flexibility index (Phi) is 5.34. The van der Waals surface area contributed by atoms with Gasteiger partial charge in [-0.2, -0.15) is 0 Å². The topological polar surface area (TPSA) is 32.3 Å². The summed E-state index contributed by atoms with van der Waals surface area (Å²) >= 11 is 5.96. The third-order valence-corrected chi connectivity index (χ3v) is 4.95. The molecule has 0 amide bonds. The molecule has 1 aromatic carbocycles. The smallest absolute Gasteiger partial charge is 0.138 e. The van der Waals surface area contributed by atoms with Gasteiger partial charge in [0.1, 0.15) is 5.75 Å². The zero-order valence-electron chi connectivity index (χ0n) is 12.7. The maximum Gasteiger partial charge on any atom is 0.138 e. The van der Waals surface area contributed by atoms with Crippen LogP contribution in [0.3, 0.4) is 0 Å². The molecule has 2 rings (SSSR count). The van der Waals surface area contributed by atoms with Crippen molar-refractivity contribution < 1.29 is 5.11 Å². The number of para-hydroxylation sites is 1. The average molecular weight is 296 g/mol. The van der Waals surface area contributed by atoms with Gasteiger partial charge in [0.25, 0.3) is 0 Å². The van der Waals surface area contributed by atoms with E-state index >= 15 is 0 Å². The van der Waals surface area contributed by atoms with Crippen molar-refractivity contribution in [2.75, 3.05) is 0 Å². The predicted molar refractivity (Wildman–Crippen MR) is 85.1 cm³/mol. The van der Waals surface area contributed by atoms with Gasteiger partial charge in [0.2, 0.25) is 0 Å². The Morgan fingerprint density at radius 1 is 1.35 bits per heavy atom. The Bertz CT molecular complexity index is 447. The number of hydrogen-bond acceptors (Lipinski definition) is 2. The van der Waals surface area contributed by atoms with Gasteiger partial charge in [0, 0.05) is 18.2 Å². The van der Waals surface area contributed by atoms with Gasteiger partial charge in [-0.15, -0.1) is 0 Å². The minimum atomic E-state index is 0.214. The second-order valence-corrected chi connectivity index (χ2v) is 6.97. The van der Waals surface area contributed by atoms with E-state index in [1.807, 2.05) is 12.1 Å². The Balaban J connectivity index is 2.02. The highest BCUT2D eigenvalue weighted by atomic mass is 35.5. The molecule has 1 aliphatic rings. The van der Waals surface area contributed by atoms with Crippen LogP contribution in [0.15, 0.2) is 18.2 Å². The van der Waals surface area contributed by atoms with Gasteiger partial charge in [-0.1, -0.05) is 50.9 Å². The number of rotatable bonds is 4. The number of halogens is 1. The van der Waals surface area contributed by atoms with E-state index in [0.29, 0.717) is 23.5 Å². The van der Waals surface area contributed by atoms with Gasteiger partial charge in [-0.3, -0.25) is 0 Å². The van der Waals surface area contributed by atoms with Crippen molar-refractivity contribution in [2.45, 2.75) is 52.6 Å². The third kappa shape index (κ3) is 3.67. The van der Waals surface area contributed by atoms with Gasteiger partial charge >= 0.3 is 0 Å². The van der Waals surface area contributed by atoms with Crippen molar-refractivity contribution in [2.24, 2.45) is 17.8 Å². The minimum Gasteiger partial charge on any atom is -0.506 e. The fourth-order valence-electron chi connectivity index (χ4n) is 3.38. The van der Waals surface area contributed by atoms with Crippen LogP contribution in [0.2, 0.25) is 5.02 Å². The van der Waals surface area contributed by atoms with E-state index in [1.54, 1.807) is 6.07 Å². The Labute approximate surface area is 127 Å². The minimum absolute atomic E-state index is 0.214. The standard InChI is InChI=1S/C17H26ClNO/c1-11(2)14-8-7-12(3)9-16(14)19-10-13-5-4-6-15(18)17(13)20/h4-6,11-12,14,16,19-20H,7-10H2,1-3H3. The molecule has 1 saturated carbocycles. The Morgan fingerprint density at radius 2 is 2.10 bits per heavy atom. The molecular weight excluding hydrogens is 270 g/mol. The lowest BCUT2D eigenvalue weighted by molar-refractivity contribution is 0.169. The van der Waals surface area contributed by atoms with E-state index < -0.39 is 0 Å². The lowest BCUT2D eigenvalue weighted by Crippen LogP contribution is -2.42. The molecule has 3 atom stereocenters. The van der Waals surface area contributed by atoms with Crippen LogP contribution in [0.1, 0.15) is 45.6 Å². The van der Waals surface area contributed by atoms with Gasteiger partial charge in [0.15, 0.2) is 0 Å². The summed E-state index contributed by atoms with van der Waals surface area (Å²) < 4.78 is 0. The highest BCUT2D eigenvalue weighted by molar-refractivity contribution is 6.32. The number of nitrogens with one attached hydrogen (secondary N) is 1. The van der Waals surface area contributed by atoms with Gasteiger partial charge in [0.05, 0.1) is 5.02 Å². The molecule has 112 valence electrons. The van der Waals surface area contributed by atoms with Crippen molar-refractivity contribution in [3.8, 4) is 5.75 Å². The largest absolute Gasteiger partial charge is 0.506 e. The van der Waals surface area contributed by atoms with Crippen LogP contribution in [0, 0.1) is 17.8 Å². The van der Waals surface area contributed by atoms with Crippen LogP contribution in [0.25, 0.3) is 0 Å². The lowest BCUT2D eigenvalue weighted by atomic mass is 9.74. The fraction of sp³-hybridized carbons (Fsp3) is 0.647. The molecule has 0 radical (unpaired) electrons. The molecule has 2 nitrogen and oxygen atoms in total. The first-order valence-electron chi connectivity index (χ1n) is 7.68. The Morgan fingerprint density at radius 3 is 2.80 bits per heavy atom. The average Bonchev–Trinajstić information content (AvgIpc) is 2.40. The zero-order chi connectivity index (χ0) is 14.7. The van der Waals surface area contributed by atoms with E-state index in [4.69, 9.17) is 11.6 Å². The summed E-state index contributed by atoms with van der Waals surface area (Å²) in [7, 11) is 0. The molecule has 2 N–H and O–H groups in total. The molecule has 0 bridgehead atoms. The first-order valence-corrected chi connectivity index (χ1v) is 8.06. The SMILES string of the molecule is CC1CCC(C(C)C)C(NCc2cccc(Cl)c2O)C1. The zero-order valence-corrected chi connectivity index (χ0v) is 13.5. The van der Waals surface area contributed by atoms with Crippen molar-refractivity contribution in [3.63, 3.8) is 0 Å². The first kappa shape index (κ1) is 15.7. The monoisotopic (exact) mass is 295 g/mol. The molecule has 0 heterocycles. The summed E-state index contributed by atoms with van der Waals surface area (Å²) in [5, 5.41) is 14.1. The normalized spacial score (nSPS) is 26.9. The molecule has 1 aromatic rings. The quantitative estimate of drug-likeness (QED) is 0.851. The highest BCUT2D eigenvalue weighted by Crippen LogP contribution is 2.34. The summed E-state index contributed by atoms with van der Waals surface area (Å²) in [5.74, 6) is 2.43. The van der Waals surface area contributed by atoms with Gasteiger partial charge in [-0.05, 0) is 36.7 Å². The molecule has 1 aliphatic carbocycles. The van der Waals surface area contributed by atoms with Crippen LogP contribution in [-0.4, -0.2) is 11.1 Å². The van der Waals surface area contributed by atoms with Crippen LogP contribution >= 0.6 is 11.6 Å². The Hall–Kier alpha value is -0.730. The molecule has 3 heteroatoms. The van der Waals surface area contributed by atoms with Crippen LogP contribution in [0.5, 0.6) is 5.75 Å². The fourth-order valence-corrected chi connectivity index (χ4v) is 3.57. The second kappa shape index (κ2) is 6.82. The van der Waals surface area contributed by atoms with E-state index in [1.165, 1.54) is 19.3 Å². The van der Waals surface area contributed by atoms with E-state index in [9.17, 15) is 5.11 Å². The van der Waals surface area contributed by atoms with Crippen molar-refractivity contribution >= 4 is 11.6 Å². The maximum absolute atomic E-state index is 9.98. The molecule has 0 aromatic heterocycles. The summed E-state index contributed by atoms with van der Waals surface area (Å²) in [6, 6.07) is 6.09. The van der Waals surface area contributed by atoms with Crippen molar-refractivity contribution in [1.29, 1.82) is 0 Å². The summed E-state index contributed by atoms with van der Waals surface area (Å²) in [5.41, 5.74) is 0.887. The molecular formula is C17H26ClNO. The van der Waals surface area contributed by atoms with Crippen LogP contribution < -0.4 is 5.32 Å². The van der Waals surface area contributed by atoms with E-state index in [-0.39, 0.29) is 5.75 Å². The van der Waals surface area contributed by atoms with E-state index in [0.717, 1.165) is 17.4 Å². The summed E-state index contributed by atoms with van der Waals surface area (Å²) in [6.07, 6.45) is 3.87. The predicted octanol–water partition coefficient (Wildman–Crippen LogP) is 4.60. The second-order valence-electron chi connectivity index (χ2n) is 6.56. The van der Waals surface area contributed by atoms with Crippen LogP contribution in [-0.2, 0) is 6.54 Å². The molecule has 0 saturated heterocycles. The summed E-state index contributed by atoms with van der Waals surface area (Å²) in [6.45, 7) is 7.65. The van der Waals surface area contributed by atoms with E-state index in [2.05, 4.69) is 26.1 Å². The van der Waals surface area contributed by atoms with Crippen molar-refractivity contribution in [1.82, 2.24) is 5.32 Å². The number of benzene rings is 1. The molecule has 20 heavy (non-hydrogen) atoms. The highest BCUT2D eigenvalue weighted by Gasteiger charge is 2.30. The van der Waals surface area contributed by atoms with Crippen molar-refractivity contribution in [3.05, 3.63) is 28.8 Å². The number of aromatic hydroxyl groups is 1. The maximum atomic E-state index is 9.98. The van der Waals surface area contributed by atoms with Gasteiger partial charge in [-0.25, -0.2) is 0 Å². The number of phenols is 1. The number of phenolic OH excluding ortho intramolecular Hbond substituents is 1. The number of hydrogen-bond donors (Lipinski definition) is 2. The third-order valence-electron chi connectivity index (χ3n) is 4.65. The lowest BCUT2D eigenvalue weighted by Gasteiger charge is -2.38. The molecule has 0 aliphatic heterocycles.